The van der Waals surface area contributed by atoms with Gasteiger partial charge in [0.2, 0.25) is 23.6 Å². The van der Waals surface area contributed by atoms with Crippen LogP contribution < -0.4 is 27.0 Å². The van der Waals surface area contributed by atoms with Crippen molar-refractivity contribution >= 4 is 41.5 Å². The molecule has 382 valence electrons. The quantitative estimate of drug-likeness (QED) is 0.0261. The number of esters is 3. The molecule has 0 aliphatic carbocycles. The molecule has 1 aromatic carbocycles. The lowest BCUT2D eigenvalue weighted by Gasteiger charge is -2.30. The fourth-order valence-corrected chi connectivity index (χ4v) is 7.43. The summed E-state index contributed by atoms with van der Waals surface area (Å²) >= 11 is 0. The Bertz CT molecular complexity index is 1650. The van der Waals surface area contributed by atoms with Gasteiger partial charge in [-0.2, -0.15) is 0 Å². The zero-order valence-electron chi connectivity index (χ0n) is 43.1. The molecular weight excluding hydrogens is 855 g/mol. The van der Waals surface area contributed by atoms with Gasteiger partial charge in [-0.15, -0.1) is 0 Å². The van der Waals surface area contributed by atoms with Crippen molar-refractivity contribution in [2.24, 2.45) is 29.4 Å². The van der Waals surface area contributed by atoms with E-state index in [1.165, 1.54) is 32.1 Å². The minimum absolute atomic E-state index is 0.0806. The van der Waals surface area contributed by atoms with Gasteiger partial charge >= 0.3 is 17.9 Å². The molecule has 0 bridgehead atoms. The Morgan fingerprint density at radius 2 is 1.15 bits per heavy atom. The maximum Gasteiger partial charge on any atom is 0.329 e. The molecule has 1 unspecified atom stereocenters. The Hall–Kier alpha value is -4.53. The van der Waals surface area contributed by atoms with Gasteiger partial charge in [0, 0.05) is 0 Å². The highest BCUT2D eigenvalue weighted by Gasteiger charge is 2.37. The molecule has 0 aromatic heterocycles. The number of ether oxygens (including phenoxy) is 3. The van der Waals surface area contributed by atoms with Gasteiger partial charge in [-0.25, -0.2) is 4.79 Å². The molecule has 0 saturated carbocycles. The van der Waals surface area contributed by atoms with Crippen LogP contribution in [0.3, 0.4) is 0 Å². The summed E-state index contributed by atoms with van der Waals surface area (Å²) in [7, 11) is 0. The third kappa shape index (κ3) is 26.6. The van der Waals surface area contributed by atoms with E-state index in [1.807, 2.05) is 65.0 Å². The van der Waals surface area contributed by atoms with Crippen LogP contribution in [0.5, 0.6) is 0 Å². The standard InChI is InChI=1S/C52H89N5O10/c1-13-15-16-17-18-19-20-21-25-28-39(31-43(58)65-33-38-26-23-22-24-27-38)66-51(64)46(37(9)14-2)57-49(62)41(30-35(5)6)54-48(61)42(32-44(59)67-52(10,11)12)55-50(63)45(36(7)8)56-47(60)40(53)29-34(3)4/h22-24,26-27,34-37,39-42,45-46H,13-21,25,28-33,53H2,1-12H3,(H,54,61)(H,55,63)(H,56,60)(H,57,62)/t37-,39?,40+,41+,42-,45-,46-/m0/s1. The molecule has 1 aromatic rings. The monoisotopic (exact) mass is 944 g/mol. The van der Waals surface area contributed by atoms with Gasteiger partial charge in [0.05, 0.1) is 18.9 Å². The number of unbranched alkanes of at least 4 members (excludes halogenated alkanes) is 8. The first-order valence-electron chi connectivity index (χ1n) is 25.1. The summed E-state index contributed by atoms with van der Waals surface area (Å²) in [6, 6.07) is 3.48. The fraction of sp³-hybridized carbons (Fsp3) is 0.750. The van der Waals surface area contributed by atoms with E-state index in [2.05, 4.69) is 28.2 Å². The average molecular weight is 944 g/mol. The highest BCUT2D eigenvalue weighted by atomic mass is 16.6. The molecule has 1 rings (SSSR count). The molecule has 15 nitrogen and oxygen atoms in total. The van der Waals surface area contributed by atoms with Crippen molar-refractivity contribution in [1.82, 2.24) is 21.3 Å². The average Bonchev–Trinajstić information content (AvgIpc) is 3.24. The third-order valence-corrected chi connectivity index (χ3v) is 11.4. The molecule has 4 amide bonds. The fourth-order valence-electron chi connectivity index (χ4n) is 7.43. The van der Waals surface area contributed by atoms with Crippen molar-refractivity contribution in [1.29, 1.82) is 0 Å². The smallest absolute Gasteiger partial charge is 0.329 e. The molecule has 0 aliphatic heterocycles. The maximum atomic E-state index is 14.3. The first-order chi connectivity index (χ1) is 31.5. The van der Waals surface area contributed by atoms with Crippen molar-refractivity contribution in [2.45, 2.75) is 228 Å². The SMILES string of the molecule is CCCCCCCCCCCC(CC(=O)OCc1ccccc1)OC(=O)[C@@H](NC(=O)[C@@H](CC(C)C)NC(=O)[C@H](CC(=O)OC(C)(C)C)NC(=O)[C@@H](NC(=O)[C@H](N)CC(C)C)C(C)C)[C@@H](C)CC. The topological polar surface area (TPSA) is 221 Å². The minimum Gasteiger partial charge on any atom is -0.461 e. The molecule has 0 spiro atoms. The Morgan fingerprint density at radius 3 is 1.69 bits per heavy atom. The van der Waals surface area contributed by atoms with E-state index in [0.29, 0.717) is 19.3 Å². The molecule has 7 atom stereocenters. The van der Waals surface area contributed by atoms with Crippen LogP contribution in [0.2, 0.25) is 0 Å². The van der Waals surface area contributed by atoms with E-state index >= 15 is 0 Å². The lowest BCUT2D eigenvalue weighted by Crippen LogP contribution is -2.60. The van der Waals surface area contributed by atoms with Crippen molar-refractivity contribution in [3.05, 3.63) is 35.9 Å². The van der Waals surface area contributed by atoms with Crippen LogP contribution in [0.25, 0.3) is 0 Å². The summed E-state index contributed by atoms with van der Waals surface area (Å²) in [5, 5.41) is 10.9. The van der Waals surface area contributed by atoms with Crippen LogP contribution in [0.1, 0.15) is 185 Å². The van der Waals surface area contributed by atoms with Crippen molar-refractivity contribution in [3.63, 3.8) is 0 Å². The molecule has 0 fully saturated rings. The van der Waals surface area contributed by atoms with Gasteiger partial charge in [-0.3, -0.25) is 28.8 Å². The van der Waals surface area contributed by atoms with E-state index < -0.39 is 102 Å². The summed E-state index contributed by atoms with van der Waals surface area (Å²) in [6.45, 7) is 22.0. The highest BCUT2D eigenvalue weighted by Crippen LogP contribution is 2.19. The lowest BCUT2D eigenvalue weighted by molar-refractivity contribution is -0.160. The molecule has 0 aliphatic rings. The number of hydrogen-bond acceptors (Lipinski definition) is 11. The summed E-state index contributed by atoms with van der Waals surface area (Å²) in [4.78, 5) is 95.7. The number of benzene rings is 1. The second-order valence-electron chi connectivity index (χ2n) is 20.4. The summed E-state index contributed by atoms with van der Waals surface area (Å²) in [5.74, 6) is -5.59. The Labute approximate surface area is 402 Å². The lowest BCUT2D eigenvalue weighted by atomic mass is 9.97. The first kappa shape index (κ1) is 60.5. The van der Waals surface area contributed by atoms with Crippen molar-refractivity contribution in [2.75, 3.05) is 0 Å². The van der Waals surface area contributed by atoms with Crippen LogP contribution in [-0.2, 0) is 54.4 Å². The van der Waals surface area contributed by atoms with Gasteiger partial charge < -0.3 is 41.2 Å². The number of rotatable bonds is 33. The van der Waals surface area contributed by atoms with E-state index in [1.54, 1.807) is 41.5 Å². The van der Waals surface area contributed by atoms with E-state index in [-0.39, 0.29) is 31.3 Å². The van der Waals surface area contributed by atoms with Gasteiger partial charge in [-0.05, 0) is 75.7 Å². The third-order valence-electron chi connectivity index (χ3n) is 11.4. The van der Waals surface area contributed by atoms with Crippen molar-refractivity contribution < 1.29 is 47.8 Å². The van der Waals surface area contributed by atoms with Crippen LogP contribution >= 0.6 is 0 Å². The number of carbonyl (C=O) groups excluding carboxylic acids is 7. The molecule has 0 radical (unpaired) electrons. The van der Waals surface area contributed by atoms with E-state index in [4.69, 9.17) is 19.9 Å². The van der Waals surface area contributed by atoms with Crippen molar-refractivity contribution in [3.8, 4) is 0 Å². The number of hydrogen-bond donors (Lipinski definition) is 5. The number of nitrogens with two attached hydrogens (primary N) is 1. The van der Waals surface area contributed by atoms with Crippen LogP contribution in [0.4, 0.5) is 0 Å². The number of carbonyl (C=O) groups is 7. The van der Waals surface area contributed by atoms with Gasteiger partial charge in [0.15, 0.2) is 0 Å². The Kier molecular flexibility index (Phi) is 29.1. The highest BCUT2D eigenvalue weighted by molar-refractivity contribution is 5.97. The summed E-state index contributed by atoms with van der Waals surface area (Å²) < 4.78 is 17.1. The predicted octanol–water partition coefficient (Wildman–Crippen LogP) is 7.75. The van der Waals surface area contributed by atoms with Crippen LogP contribution in [-0.4, -0.2) is 83.5 Å². The molecule has 15 heteroatoms. The van der Waals surface area contributed by atoms with Gasteiger partial charge in [0.1, 0.15) is 42.5 Å². The second kappa shape index (κ2) is 32.3. The number of amides is 4. The van der Waals surface area contributed by atoms with Gasteiger partial charge in [0.25, 0.3) is 0 Å². The summed E-state index contributed by atoms with van der Waals surface area (Å²) in [6.07, 6.45) is 9.78. The molecule has 0 heterocycles. The Balaban J connectivity index is 3.36. The van der Waals surface area contributed by atoms with Crippen LogP contribution in [0, 0.1) is 23.7 Å². The van der Waals surface area contributed by atoms with E-state index in [9.17, 15) is 33.6 Å². The van der Waals surface area contributed by atoms with Gasteiger partial charge in [-0.1, -0.05) is 150 Å². The predicted molar refractivity (Wildman–Crippen MR) is 262 cm³/mol. The molecule has 67 heavy (non-hydrogen) atoms. The number of nitrogens with one attached hydrogen (secondary N) is 4. The minimum atomic E-state index is -1.51. The Morgan fingerprint density at radius 1 is 0.612 bits per heavy atom. The van der Waals surface area contributed by atoms with Crippen LogP contribution in [0.15, 0.2) is 30.3 Å². The second-order valence-corrected chi connectivity index (χ2v) is 20.4. The summed E-state index contributed by atoms with van der Waals surface area (Å²) in [5.41, 5.74) is 6.03. The molecule has 6 N–H and O–H groups in total. The maximum absolute atomic E-state index is 14.3. The van der Waals surface area contributed by atoms with E-state index in [0.717, 1.165) is 31.2 Å². The first-order valence-corrected chi connectivity index (χ1v) is 25.1. The normalized spacial score (nSPS) is 14.8. The largest absolute Gasteiger partial charge is 0.461 e. The zero-order valence-corrected chi connectivity index (χ0v) is 43.1. The zero-order chi connectivity index (χ0) is 50.7. The molecule has 0 saturated heterocycles. The molecular formula is C52H89N5O10.